The van der Waals surface area contributed by atoms with Crippen LogP contribution in [0.3, 0.4) is 0 Å². The summed E-state index contributed by atoms with van der Waals surface area (Å²) in [6, 6.07) is -0.385. The Morgan fingerprint density at radius 2 is 2.38 bits per heavy atom. The van der Waals surface area contributed by atoms with Crippen LogP contribution in [0.2, 0.25) is 0 Å². The van der Waals surface area contributed by atoms with Crippen molar-refractivity contribution in [3.63, 3.8) is 0 Å². The zero-order valence-electron chi connectivity index (χ0n) is 12.1. The van der Waals surface area contributed by atoms with Crippen LogP contribution in [0, 0.1) is 0 Å². The number of aromatic amines is 1. The maximum Gasteiger partial charge on any atom is 0.329 e. The van der Waals surface area contributed by atoms with Crippen LogP contribution in [-0.2, 0) is 22.6 Å². The van der Waals surface area contributed by atoms with Gasteiger partial charge in [-0.05, 0) is 19.3 Å². The summed E-state index contributed by atoms with van der Waals surface area (Å²) in [6.45, 7) is 2.91. The lowest BCUT2D eigenvalue weighted by Crippen LogP contribution is -2.58. The summed E-state index contributed by atoms with van der Waals surface area (Å²) in [5.74, 6) is -1.02. The second kappa shape index (κ2) is 5.14. The molecule has 0 aromatic carbocycles. The van der Waals surface area contributed by atoms with Gasteiger partial charge in [-0.1, -0.05) is 6.92 Å². The molecule has 3 rings (SSSR count). The lowest BCUT2D eigenvalue weighted by atomic mass is 9.92. The molecule has 0 spiro atoms. The van der Waals surface area contributed by atoms with Crippen LogP contribution in [0.5, 0.6) is 0 Å². The van der Waals surface area contributed by atoms with Crippen LogP contribution in [0.25, 0.3) is 0 Å². The number of amides is 1. The molecule has 21 heavy (non-hydrogen) atoms. The van der Waals surface area contributed by atoms with Gasteiger partial charge in [-0.3, -0.25) is 10.1 Å². The average Bonchev–Trinajstić information content (AvgIpc) is 3.12. The van der Waals surface area contributed by atoms with Crippen molar-refractivity contribution in [3.8, 4) is 0 Å². The number of nitrogens with zero attached hydrogens (tertiary/aromatic N) is 2. The Morgan fingerprint density at radius 3 is 3.10 bits per heavy atom. The Balaban J connectivity index is 1.81. The highest BCUT2D eigenvalue weighted by Crippen LogP contribution is 2.33. The summed E-state index contributed by atoms with van der Waals surface area (Å²) < 4.78 is 0. The van der Waals surface area contributed by atoms with E-state index in [1.165, 1.54) is 0 Å². The van der Waals surface area contributed by atoms with Crippen molar-refractivity contribution in [1.29, 1.82) is 0 Å². The smallest absolute Gasteiger partial charge is 0.329 e. The van der Waals surface area contributed by atoms with Gasteiger partial charge in [-0.25, -0.2) is 9.78 Å². The minimum atomic E-state index is -1.04. The zero-order valence-corrected chi connectivity index (χ0v) is 12.1. The van der Waals surface area contributed by atoms with Gasteiger partial charge >= 0.3 is 5.97 Å². The molecule has 3 N–H and O–H groups in total. The summed E-state index contributed by atoms with van der Waals surface area (Å²) in [7, 11) is 0. The molecule has 7 heteroatoms. The number of likely N-dealkylation sites (tertiary alicyclic amines) is 1. The van der Waals surface area contributed by atoms with Crippen LogP contribution in [0.15, 0.2) is 6.33 Å². The number of aliphatic carboxylic acids is 1. The van der Waals surface area contributed by atoms with E-state index in [9.17, 15) is 14.7 Å². The predicted molar refractivity (Wildman–Crippen MR) is 74.5 cm³/mol. The first-order valence-corrected chi connectivity index (χ1v) is 7.38. The van der Waals surface area contributed by atoms with Gasteiger partial charge < -0.3 is 15.0 Å². The van der Waals surface area contributed by atoms with Crippen molar-refractivity contribution < 1.29 is 14.7 Å². The molecule has 1 aromatic heterocycles. The topological polar surface area (TPSA) is 98.3 Å². The van der Waals surface area contributed by atoms with Crippen molar-refractivity contribution in [3.05, 3.63) is 17.7 Å². The maximum atomic E-state index is 12.8. The molecule has 3 heterocycles. The zero-order chi connectivity index (χ0) is 15.0. The third kappa shape index (κ3) is 2.12. The normalized spacial score (nSPS) is 28.4. The Kier molecular flexibility index (Phi) is 3.44. The van der Waals surface area contributed by atoms with E-state index >= 15 is 0 Å². The van der Waals surface area contributed by atoms with E-state index in [1.54, 1.807) is 11.2 Å². The van der Waals surface area contributed by atoms with E-state index in [-0.39, 0.29) is 11.9 Å². The summed E-state index contributed by atoms with van der Waals surface area (Å²) in [5.41, 5.74) is 0.856. The molecule has 114 valence electrons. The highest BCUT2D eigenvalue weighted by atomic mass is 16.4. The highest BCUT2D eigenvalue weighted by molar-refractivity contribution is 5.90. The van der Waals surface area contributed by atoms with Gasteiger partial charge in [0.1, 0.15) is 5.54 Å². The first-order valence-electron chi connectivity index (χ1n) is 7.38. The second-order valence-electron chi connectivity index (χ2n) is 5.75. The van der Waals surface area contributed by atoms with Crippen molar-refractivity contribution in [2.45, 2.75) is 50.7 Å². The SMILES string of the molecule is CCC1(C(=O)O)CCCN1C(=O)C1Cc2nc[nH]c2CN1. The van der Waals surface area contributed by atoms with Gasteiger partial charge in [0.15, 0.2) is 0 Å². The predicted octanol–water partition coefficient (Wildman–Crippen LogP) is 0.280. The summed E-state index contributed by atoms with van der Waals surface area (Å²) in [5, 5.41) is 12.8. The largest absolute Gasteiger partial charge is 0.479 e. The van der Waals surface area contributed by atoms with E-state index in [0.717, 1.165) is 17.8 Å². The number of nitrogens with one attached hydrogen (secondary N) is 2. The van der Waals surface area contributed by atoms with E-state index < -0.39 is 11.5 Å². The number of hydrogen-bond donors (Lipinski definition) is 3. The van der Waals surface area contributed by atoms with Gasteiger partial charge in [-0.15, -0.1) is 0 Å². The average molecular weight is 292 g/mol. The monoisotopic (exact) mass is 292 g/mol. The number of hydrogen-bond acceptors (Lipinski definition) is 4. The van der Waals surface area contributed by atoms with E-state index in [2.05, 4.69) is 15.3 Å². The van der Waals surface area contributed by atoms with Crippen molar-refractivity contribution >= 4 is 11.9 Å². The van der Waals surface area contributed by atoms with Gasteiger partial charge in [0.05, 0.1) is 23.8 Å². The third-order valence-corrected chi connectivity index (χ3v) is 4.77. The number of carboxylic acid groups (broad SMARTS) is 1. The fourth-order valence-electron chi connectivity index (χ4n) is 3.47. The molecule has 2 atom stereocenters. The van der Waals surface area contributed by atoms with E-state index in [0.29, 0.717) is 32.4 Å². The van der Waals surface area contributed by atoms with Gasteiger partial charge in [0, 0.05) is 19.5 Å². The molecule has 2 unspecified atom stereocenters. The quantitative estimate of drug-likeness (QED) is 0.743. The molecule has 0 radical (unpaired) electrons. The van der Waals surface area contributed by atoms with Crippen LogP contribution in [0.4, 0.5) is 0 Å². The van der Waals surface area contributed by atoms with E-state index in [4.69, 9.17) is 0 Å². The number of carbonyl (C=O) groups is 2. The molecular weight excluding hydrogens is 272 g/mol. The fourth-order valence-corrected chi connectivity index (χ4v) is 3.47. The van der Waals surface area contributed by atoms with Crippen molar-refractivity contribution in [1.82, 2.24) is 20.2 Å². The molecule has 2 aliphatic rings. The molecule has 2 aliphatic heterocycles. The Bertz CT molecular complexity index is 570. The number of fused-ring (bicyclic) bond motifs is 1. The summed E-state index contributed by atoms with van der Waals surface area (Å²) in [4.78, 5) is 33.3. The Morgan fingerprint density at radius 1 is 1.57 bits per heavy atom. The van der Waals surface area contributed by atoms with Crippen LogP contribution >= 0.6 is 0 Å². The first-order chi connectivity index (χ1) is 10.1. The molecule has 1 fully saturated rings. The third-order valence-electron chi connectivity index (χ3n) is 4.77. The number of imidazole rings is 1. The lowest BCUT2D eigenvalue weighted by molar-refractivity contribution is -0.157. The van der Waals surface area contributed by atoms with E-state index in [1.807, 2.05) is 6.92 Å². The second-order valence-corrected chi connectivity index (χ2v) is 5.75. The molecule has 0 aliphatic carbocycles. The van der Waals surface area contributed by atoms with Gasteiger partial charge in [0.2, 0.25) is 5.91 Å². The Labute approximate surface area is 122 Å². The van der Waals surface area contributed by atoms with Crippen LogP contribution in [0.1, 0.15) is 37.6 Å². The van der Waals surface area contributed by atoms with Crippen LogP contribution < -0.4 is 5.32 Å². The molecule has 0 bridgehead atoms. The minimum Gasteiger partial charge on any atom is -0.479 e. The first kappa shape index (κ1) is 14.1. The van der Waals surface area contributed by atoms with Crippen molar-refractivity contribution in [2.24, 2.45) is 0 Å². The van der Waals surface area contributed by atoms with Gasteiger partial charge in [0.25, 0.3) is 0 Å². The number of H-pyrrole nitrogens is 1. The minimum absolute atomic E-state index is 0.120. The maximum absolute atomic E-state index is 12.8. The standard InChI is InChI=1S/C14H20N4O3/c1-2-14(13(20)21)4-3-5-18(14)12(19)10-6-9-11(7-15-10)17-8-16-9/h8,10,15H,2-7H2,1H3,(H,16,17)(H,20,21). The lowest BCUT2D eigenvalue weighted by Gasteiger charge is -2.37. The molecule has 1 saturated heterocycles. The number of aromatic nitrogens is 2. The highest BCUT2D eigenvalue weighted by Gasteiger charge is 2.50. The molecular formula is C14H20N4O3. The van der Waals surface area contributed by atoms with Crippen molar-refractivity contribution in [2.75, 3.05) is 6.54 Å². The molecule has 7 nitrogen and oxygen atoms in total. The van der Waals surface area contributed by atoms with Gasteiger partial charge in [-0.2, -0.15) is 0 Å². The van der Waals surface area contributed by atoms with Crippen LogP contribution in [-0.4, -0.2) is 50.0 Å². The Hall–Kier alpha value is -1.89. The summed E-state index contributed by atoms with van der Waals surface area (Å²) >= 11 is 0. The number of carbonyl (C=O) groups excluding carboxylic acids is 1. The summed E-state index contributed by atoms with van der Waals surface area (Å²) in [6.07, 6.45) is 3.85. The number of rotatable bonds is 3. The molecule has 1 aromatic rings. The fraction of sp³-hybridized carbons (Fsp3) is 0.643. The molecule has 0 saturated carbocycles. The number of carboxylic acids is 1. The molecule has 1 amide bonds.